The molecule has 0 bridgehead atoms. The van der Waals surface area contributed by atoms with Crippen molar-refractivity contribution in [1.82, 2.24) is 10.1 Å². The van der Waals surface area contributed by atoms with Gasteiger partial charge in [0.25, 0.3) is 0 Å². The molecule has 0 fully saturated rings. The highest BCUT2D eigenvalue weighted by Gasteiger charge is 2.23. The van der Waals surface area contributed by atoms with E-state index in [1.807, 2.05) is 19.1 Å². The fraction of sp³-hybridized carbons (Fsp3) is 0.161. The number of hydrogen-bond acceptors (Lipinski definition) is 6. The Hall–Kier alpha value is -3.89. The van der Waals surface area contributed by atoms with Gasteiger partial charge in [0.05, 0.1) is 34.3 Å². The van der Waals surface area contributed by atoms with Crippen molar-refractivity contribution < 1.29 is 22.7 Å². The number of sulfonamides is 1. The SMILES string of the molecule is COc1cc(/C=N\NC(=O)C[C@@H](NS(=O)(=O)c2ccc(C)cc2)c2ccccc2)ccc1OCc1ccc(Cl)c(Cl)c1. The van der Waals surface area contributed by atoms with Crippen LogP contribution in [0.5, 0.6) is 11.5 Å². The summed E-state index contributed by atoms with van der Waals surface area (Å²) in [4.78, 5) is 12.9. The predicted molar refractivity (Wildman–Crippen MR) is 165 cm³/mol. The first-order valence-electron chi connectivity index (χ1n) is 12.9. The molecule has 11 heteroatoms. The fourth-order valence-corrected chi connectivity index (χ4v) is 5.51. The molecule has 42 heavy (non-hydrogen) atoms. The number of carbonyl (C=O) groups is 1. The largest absolute Gasteiger partial charge is 0.493 e. The predicted octanol–water partition coefficient (Wildman–Crippen LogP) is 6.45. The maximum Gasteiger partial charge on any atom is 0.242 e. The second kappa shape index (κ2) is 14.3. The maximum absolute atomic E-state index is 13.0. The van der Waals surface area contributed by atoms with E-state index in [4.69, 9.17) is 32.7 Å². The van der Waals surface area contributed by atoms with E-state index in [1.54, 1.807) is 66.7 Å². The zero-order valence-corrected chi connectivity index (χ0v) is 25.2. The number of hydrogen-bond donors (Lipinski definition) is 2. The van der Waals surface area contributed by atoms with E-state index in [0.717, 1.165) is 11.1 Å². The summed E-state index contributed by atoms with van der Waals surface area (Å²) < 4.78 is 40.1. The molecule has 0 spiro atoms. The van der Waals surface area contributed by atoms with Crippen LogP contribution in [-0.4, -0.2) is 27.6 Å². The number of hydrazone groups is 1. The van der Waals surface area contributed by atoms with Gasteiger partial charge in [-0.15, -0.1) is 0 Å². The molecule has 1 amide bonds. The summed E-state index contributed by atoms with van der Waals surface area (Å²) in [5.41, 5.74) is 5.55. The molecule has 0 unspecified atom stereocenters. The first-order valence-corrected chi connectivity index (χ1v) is 15.1. The minimum atomic E-state index is -3.88. The molecule has 0 aliphatic heterocycles. The summed E-state index contributed by atoms with van der Waals surface area (Å²) in [6.07, 6.45) is 1.29. The Morgan fingerprint density at radius 2 is 1.67 bits per heavy atom. The van der Waals surface area contributed by atoms with Gasteiger partial charge in [-0.05, 0) is 66.1 Å². The molecule has 0 saturated heterocycles. The van der Waals surface area contributed by atoms with Crippen molar-refractivity contribution >= 4 is 45.3 Å². The van der Waals surface area contributed by atoms with Gasteiger partial charge in [0.15, 0.2) is 11.5 Å². The van der Waals surface area contributed by atoms with Crippen molar-refractivity contribution in [3.63, 3.8) is 0 Å². The summed E-state index contributed by atoms with van der Waals surface area (Å²) in [7, 11) is -2.36. The van der Waals surface area contributed by atoms with Gasteiger partial charge in [0.1, 0.15) is 6.61 Å². The summed E-state index contributed by atoms with van der Waals surface area (Å²) in [6.45, 7) is 2.13. The standard InChI is InChI=1S/C31H29Cl2N3O5S/c1-21-8-12-25(13-9-21)42(38,39)36-28(24-6-4-3-5-7-24)18-31(37)35-34-19-22-11-15-29(30(17-22)40-2)41-20-23-10-14-26(32)27(33)16-23/h3-17,19,28,36H,18,20H2,1-2H3,(H,35,37)/b34-19-/t28-/m1/s1. The number of methoxy groups -OCH3 is 1. The Kier molecular flexibility index (Phi) is 10.6. The van der Waals surface area contributed by atoms with Crippen LogP contribution in [0.3, 0.4) is 0 Å². The highest BCUT2D eigenvalue weighted by Crippen LogP contribution is 2.29. The van der Waals surface area contributed by atoms with Crippen LogP contribution in [-0.2, 0) is 21.4 Å². The number of amides is 1. The van der Waals surface area contributed by atoms with E-state index >= 15 is 0 Å². The molecule has 2 N–H and O–H groups in total. The van der Waals surface area contributed by atoms with Crippen molar-refractivity contribution in [2.24, 2.45) is 5.10 Å². The summed E-state index contributed by atoms with van der Waals surface area (Å²) in [5, 5.41) is 4.95. The van der Waals surface area contributed by atoms with E-state index in [9.17, 15) is 13.2 Å². The fourth-order valence-electron chi connectivity index (χ4n) is 3.97. The van der Waals surface area contributed by atoms with Crippen LogP contribution in [0.25, 0.3) is 0 Å². The molecule has 0 heterocycles. The summed E-state index contributed by atoms with van der Waals surface area (Å²) >= 11 is 12.0. The van der Waals surface area contributed by atoms with Crippen LogP contribution in [0.15, 0.2) is 101 Å². The molecule has 218 valence electrons. The maximum atomic E-state index is 13.0. The van der Waals surface area contributed by atoms with Gasteiger partial charge in [-0.2, -0.15) is 5.10 Å². The van der Waals surface area contributed by atoms with Crippen LogP contribution in [0, 0.1) is 6.92 Å². The molecular formula is C31H29Cl2N3O5S. The highest BCUT2D eigenvalue weighted by molar-refractivity contribution is 7.89. The van der Waals surface area contributed by atoms with Crippen LogP contribution < -0.4 is 19.6 Å². The Morgan fingerprint density at radius 3 is 2.36 bits per heavy atom. The minimum Gasteiger partial charge on any atom is -0.493 e. The molecule has 0 aromatic heterocycles. The number of ether oxygens (including phenoxy) is 2. The quantitative estimate of drug-likeness (QED) is 0.139. The third-order valence-electron chi connectivity index (χ3n) is 6.19. The van der Waals surface area contributed by atoms with Gasteiger partial charge in [-0.25, -0.2) is 18.6 Å². The highest BCUT2D eigenvalue weighted by atomic mass is 35.5. The normalized spacial score (nSPS) is 12.2. The van der Waals surface area contributed by atoms with E-state index in [2.05, 4.69) is 15.2 Å². The third-order valence-corrected chi connectivity index (χ3v) is 8.42. The number of rotatable bonds is 12. The average Bonchev–Trinajstić information content (AvgIpc) is 2.98. The summed E-state index contributed by atoms with van der Waals surface area (Å²) in [6, 6.07) is 25.0. The number of nitrogens with zero attached hydrogens (tertiary/aromatic N) is 1. The first-order chi connectivity index (χ1) is 20.1. The van der Waals surface area contributed by atoms with Crippen LogP contribution in [0.4, 0.5) is 0 Å². The van der Waals surface area contributed by atoms with Gasteiger partial charge >= 0.3 is 0 Å². The van der Waals surface area contributed by atoms with Gasteiger partial charge < -0.3 is 9.47 Å². The lowest BCUT2D eigenvalue weighted by Gasteiger charge is -2.18. The lowest BCUT2D eigenvalue weighted by molar-refractivity contribution is -0.121. The third kappa shape index (κ3) is 8.56. The zero-order chi connectivity index (χ0) is 30.1. The molecule has 1 atom stereocenters. The Labute approximate surface area is 255 Å². The Balaban J connectivity index is 1.40. The number of benzene rings is 4. The lowest BCUT2D eigenvalue weighted by atomic mass is 10.0. The van der Waals surface area contributed by atoms with E-state index in [0.29, 0.717) is 32.7 Å². The number of aryl methyl sites for hydroxylation is 1. The second-order valence-corrected chi connectivity index (χ2v) is 11.9. The van der Waals surface area contributed by atoms with E-state index in [-0.39, 0.29) is 17.9 Å². The molecule has 0 aliphatic carbocycles. The Morgan fingerprint density at radius 1 is 0.929 bits per heavy atom. The van der Waals surface area contributed by atoms with Gasteiger partial charge in [0.2, 0.25) is 15.9 Å². The molecule has 0 radical (unpaired) electrons. The topological polar surface area (TPSA) is 106 Å². The Bertz CT molecular complexity index is 1660. The van der Waals surface area contributed by atoms with Crippen molar-refractivity contribution in [3.8, 4) is 11.5 Å². The molecule has 4 aromatic carbocycles. The van der Waals surface area contributed by atoms with Gasteiger partial charge in [0, 0.05) is 6.42 Å². The number of halogens is 2. The molecule has 8 nitrogen and oxygen atoms in total. The van der Waals surface area contributed by atoms with Crippen LogP contribution >= 0.6 is 23.2 Å². The average molecular weight is 627 g/mol. The van der Waals surface area contributed by atoms with Crippen molar-refractivity contribution in [2.75, 3.05) is 7.11 Å². The van der Waals surface area contributed by atoms with Crippen LogP contribution in [0.2, 0.25) is 10.0 Å². The van der Waals surface area contributed by atoms with Crippen molar-refractivity contribution in [2.45, 2.75) is 30.9 Å². The van der Waals surface area contributed by atoms with E-state index in [1.165, 1.54) is 25.5 Å². The number of carbonyl (C=O) groups excluding carboxylic acids is 1. The number of nitrogens with one attached hydrogen (secondary N) is 2. The molecule has 4 aromatic rings. The molecule has 0 saturated carbocycles. The van der Waals surface area contributed by atoms with Gasteiger partial charge in [-0.3, -0.25) is 4.79 Å². The van der Waals surface area contributed by atoms with E-state index < -0.39 is 22.0 Å². The molecular weight excluding hydrogens is 597 g/mol. The minimum absolute atomic E-state index is 0.116. The molecule has 4 rings (SSSR count). The summed E-state index contributed by atoms with van der Waals surface area (Å²) in [5.74, 6) is 0.511. The van der Waals surface area contributed by atoms with Gasteiger partial charge in [-0.1, -0.05) is 77.3 Å². The second-order valence-electron chi connectivity index (χ2n) is 9.34. The molecule has 0 aliphatic rings. The van der Waals surface area contributed by atoms with Crippen molar-refractivity contribution in [3.05, 3.63) is 123 Å². The first kappa shape index (κ1) is 31.1. The lowest BCUT2D eigenvalue weighted by Crippen LogP contribution is -2.32. The van der Waals surface area contributed by atoms with Crippen molar-refractivity contribution in [1.29, 1.82) is 0 Å². The van der Waals surface area contributed by atoms with Crippen LogP contribution in [0.1, 0.15) is 34.7 Å². The smallest absolute Gasteiger partial charge is 0.242 e. The monoisotopic (exact) mass is 625 g/mol. The zero-order valence-electron chi connectivity index (χ0n) is 22.9.